The minimum atomic E-state index is 0.450. The second kappa shape index (κ2) is 5.57. The molecule has 100 valence electrons. The van der Waals surface area contributed by atoms with Crippen LogP contribution in [-0.2, 0) is 6.42 Å². The van der Waals surface area contributed by atoms with Crippen molar-refractivity contribution in [2.24, 2.45) is 0 Å². The quantitative estimate of drug-likeness (QED) is 0.779. The van der Waals surface area contributed by atoms with Crippen LogP contribution in [0, 0.1) is 20.8 Å². The highest BCUT2D eigenvalue weighted by Crippen LogP contribution is 2.28. The molecule has 0 saturated heterocycles. The lowest BCUT2D eigenvalue weighted by atomic mass is 10.1. The molecule has 0 unspecified atom stereocenters. The lowest BCUT2D eigenvalue weighted by Gasteiger charge is -2.11. The average molecular weight is 277 g/mol. The van der Waals surface area contributed by atoms with Gasteiger partial charge in [-0.3, -0.25) is 0 Å². The number of aryl methyl sites for hydroxylation is 3. The normalized spacial score (nSPS) is 10.6. The SMILES string of the molecule is CCc1nc(Cl)c(C)c(Oc2ccc(C)c(C)c2)n1. The van der Waals surface area contributed by atoms with Gasteiger partial charge < -0.3 is 4.74 Å². The molecule has 2 rings (SSSR count). The summed E-state index contributed by atoms with van der Waals surface area (Å²) in [6, 6.07) is 5.96. The van der Waals surface area contributed by atoms with Crippen LogP contribution in [0.2, 0.25) is 5.15 Å². The highest BCUT2D eigenvalue weighted by atomic mass is 35.5. The molecule has 3 nitrogen and oxygen atoms in total. The first kappa shape index (κ1) is 13.8. The summed E-state index contributed by atoms with van der Waals surface area (Å²) in [7, 11) is 0. The van der Waals surface area contributed by atoms with Crippen LogP contribution >= 0.6 is 11.6 Å². The maximum atomic E-state index is 6.09. The smallest absolute Gasteiger partial charge is 0.226 e. The maximum absolute atomic E-state index is 6.09. The van der Waals surface area contributed by atoms with Gasteiger partial charge in [-0.2, -0.15) is 4.98 Å². The van der Waals surface area contributed by atoms with Gasteiger partial charge in [0, 0.05) is 12.0 Å². The Labute approximate surface area is 118 Å². The molecule has 0 saturated carbocycles. The summed E-state index contributed by atoms with van der Waals surface area (Å²) in [4.78, 5) is 8.58. The van der Waals surface area contributed by atoms with Crippen LogP contribution in [0.25, 0.3) is 0 Å². The van der Waals surface area contributed by atoms with E-state index in [1.165, 1.54) is 11.1 Å². The van der Waals surface area contributed by atoms with E-state index in [1.54, 1.807) is 0 Å². The Morgan fingerprint density at radius 2 is 1.84 bits per heavy atom. The van der Waals surface area contributed by atoms with Gasteiger partial charge in [-0.15, -0.1) is 0 Å². The van der Waals surface area contributed by atoms with E-state index in [1.807, 2.05) is 32.0 Å². The minimum Gasteiger partial charge on any atom is -0.439 e. The molecule has 0 spiro atoms. The third-order valence-corrected chi connectivity index (χ3v) is 3.47. The number of hydrogen-bond acceptors (Lipinski definition) is 3. The van der Waals surface area contributed by atoms with Crippen LogP contribution in [0.4, 0.5) is 0 Å². The van der Waals surface area contributed by atoms with E-state index in [0.717, 1.165) is 17.7 Å². The predicted molar refractivity (Wildman–Crippen MR) is 77.1 cm³/mol. The van der Waals surface area contributed by atoms with Crippen LogP contribution in [-0.4, -0.2) is 9.97 Å². The van der Waals surface area contributed by atoms with E-state index in [-0.39, 0.29) is 0 Å². The number of rotatable bonds is 3. The first-order chi connectivity index (χ1) is 9.01. The Morgan fingerprint density at radius 1 is 1.11 bits per heavy atom. The van der Waals surface area contributed by atoms with Crippen LogP contribution in [0.15, 0.2) is 18.2 Å². The van der Waals surface area contributed by atoms with Crippen molar-refractivity contribution in [3.8, 4) is 11.6 Å². The maximum Gasteiger partial charge on any atom is 0.226 e. The number of hydrogen-bond donors (Lipinski definition) is 0. The third kappa shape index (κ3) is 3.04. The monoisotopic (exact) mass is 276 g/mol. The Bertz CT molecular complexity index is 611. The molecule has 1 aromatic heterocycles. The van der Waals surface area contributed by atoms with E-state index in [2.05, 4.69) is 23.8 Å². The minimum absolute atomic E-state index is 0.450. The van der Waals surface area contributed by atoms with Gasteiger partial charge in [0.25, 0.3) is 0 Å². The van der Waals surface area contributed by atoms with Crippen molar-refractivity contribution >= 4 is 11.6 Å². The van der Waals surface area contributed by atoms with Crippen LogP contribution in [0.3, 0.4) is 0 Å². The zero-order chi connectivity index (χ0) is 14.0. The molecule has 1 aromatic carbocycles. The molecule has 0 bridgehead atoms. The standard InChI is InChI=1S/C15H17ClN2O/c1-5-13-17-14(16)11(4)15(18-13)19-12-7-6-9(2)10(3)8-12/h6-8H,5H2,1-4H3. The lowest BCUT2D eigenvalue weighted by molar-refractivity contribution is 0.454. The van der Waals surface area contributed by atoms with Gasteiger partial charge in [-0.1, -0.05) is 24.6 Å². The van der Waals surface area contributed by atoms with Crippen molar-refractivity contribution in [1.82, 2.24) is 9.97 Å². The van der Waals surface area contributed by atoms with Crippen LogP contribution < -0.4 is 4.74 Å². The highest BCUT2D eigenvalue weighted by molar-refractivity contribution is 6.30. The summed E-state index contributed by atoms with van der Waals surface area (Å²) in [5.41, 5.74) is 3.18. The largest absolute Gasteiger partial charge is 0.439 e. The fourth-order valence-corrected chi connectivity index (χ4v) is 1.84. The van der Waals surface area contributed by atoms with Gasteiger partial charge in [-0.05, 0) is 44.0 Å². The van der Waals surface area contributed by atoms with Crippen LogP contribution in [0.5, 0.6) is 11.6 Å². The van der Waals surface area contributed by atoms with E-state index in [9.17, 15) is 0 Å². The zero-order valence-electron chi connectivity index (χ0n) is 11.6. The highest BCUT2D eigenvalue weighted by Gasteiger charge is 2.11. The summed E-state index contributed by atoms with van der Waals surface area (Å²) in [5.74, 6) is 1.98. The van der Waals surface area contributed by atoms with Crippen molar-refractivity contribution in [3.05, 3.63) is 45.9 Å². The number of ether oxygens (including phenoxy) is 1. The van der Waals surface area contributed by atoms with Crippen molar-refractivity contribution in [2.45, 2.75) is 34.1 Å². The molecule has 0 amide bonds. The molecule has 0 radical (unpaired) electrons. The van der Waals surface area contributed by atoms with Crippen molar-refractivity contribution in [3.63, 3.8) is 0 Å². The van der Waals surface area contributed by atoms with E-state index < -0.39 is 0 Å². The van der Waals surface area contributed by atoms with Gasteiger partial charge in [-0.25, -0.2) is 4.98 Å². The van der Waals surface area contributed by atoms with Crippen molar-refractivity contribution in [1.29, 1.82) is 0 Å². The van der Waals surface area contributed by atoms with E-state index in [0.29, 0.717) is 16.9 Å². The molecule has 0 aliphatic carbocycles. The van der Waals surface area contributed by atoms with Crippen molar-refractivity contribution < 1.29 is 4.74 Å². The molecule has 2 aromatic rings. The summed E-state index contributed by atoms with van der Waals surface area (Å²) < 4.78 is 5.83. The molecule has 0 fully saturated rings. The molecular formula is C15H17ClN2O. The van der Waals surface area contributed by atoms with E-state index >= 15 is 0 Å². The Hall–Kier alpha value is -1.61. The zero-order valence-corrected chi connectivity index (χ0v) is 12.4. The number of aromatic nitrogens is 2. The van der Waals surface area contributed by atoms with Gasteiger partial charge >= 0.3 is 0 Å². The van der Waals surface area contributed by atoms with E-state index in [4.69, 9.17) is 16.3 Å². The molecule has 0 aliphatic rings. The summed E-state index contributed by atoms with van der Waals surface area (Å²) in [6.45, 7) is 7.97. The second-order valence-corrected chi connectivity index (χ2v) is 4.92. The summed E-state index contributed by atoms with van der Waals surface area (Å²) in [6.07, 6.45) is 0.725. The summed E-state index contributed by atoms with van der Waals surface area (Å²) in [5, 5.41) is 0.450. The fraction of sp³-hybridized carbons (Fsp3) is 0.333. The number of halogens is 1. The Kier molecular flexibility index (Phi) is 4.05. The lowest BCUT2D eigenvalue weighted by Crippen LogP contribution is -2.00. The van der Waals surface area contributed by atoms with Gasteiger partial charge in [0.15, 0.2) is 0 Å². The Morgan fingerprint density at radius 3 is 2.47 bits per heavy atom. The number of nitrogens with zero attached hydrogens (tertiary/aromatic N) is 2. The van der Waals surface area contributed by atoms with Gasteiger partial charge in [0.2, 0.25) is 5.88 Å². The first-order valence-corrected chi connectivity index (χ1v) is 6.67. The molecule has 19 heavy (non-hydrogen) atoms. The van der Waals surface area contributed by atoms with Crippen molar-refractivity contribution in [2.75, 3.05) is 0 Å². The second-order valence-electron chi connectivity index (χ2n) is 4.56. The fourth-order valence-electron chi connectivity index (χ4n) is 1.66. The molecular weight excluding hydrogens is 260 g/mol. The summed E-state index contributed by atoms with van der Waals surface area (Å²) >= 11 is 6.09. The van der Waals surface area contributed by atoms with Gasteiger partial charge in [0.05, 0.1) is 0 Å². The molecule has 4 heteroatoms. The first-order valence-electron chi connectivity index (χ1n) is 6.29. The molecule has 0 aliphatic heterocycles. The molecule has 1 heterocycles. The average Bonchev–Trinajstić information content (AvgIpc) is 2.39. The topological polar surface area (TPSA) is 35.0 Å². The Balaban J connectivity index is 2.37. The predicted octanol–water partition coefficient (Wildman–Crippen LogP) is 4.41. The molecule has 0 N–H and O–H groups in total. The molecule has 0 atom stereocenters. The van der Waals surface area contributed by atoms with Crippen LogP contribution in [0.1, 0.15) is 29.4 Å². The van der Waals surface area contributed by atoms with Gasteiger partial charge in [0.1, 0.15) is 16.7 Å². The number of benzene rings is 1. The third-order valence-electron chi connectivity index (χ3n) is 3.10.